The van der Waals surface area contributed by atoms with Crippen molar-refractivity contribution in [1.82, 2.24) is 10.2 Å². The summed E-state index contributed by atoms with van der Waals surface area (Å²) in [5.74, 6) is 2.66. The van der Waals surface area contributed by atoms with Crippen molar-refractivity contribution in [2.75, 3.05) is 20.1 Å². The summed E-state index contributed by atoms with van der Waals surface area (Å²) in [7, 11) is 1.85. The second-order valence-electron chi connectivity index (χ2n) is 5.84. The highest BCUT2D eigenvalue weighted by Crippen LogP contribution is 2.19. The number of likely N-dealkylation sites (tertiary alicyclic amines) is 1. The minimum atomic E-state index is 0. The van der Waals surface area contributed by atoms with Crippen LogP contribution >= 0.6 is 24.0 Å². The van der Waals surface area contributed by atoms with Gasteiger partial charge in [-0.3, -0.25) is 4.99 Å². The second-order valence-corrected chi connectivity index (χ2v) is 5.84. The van der Waals surface area contributed by atoms with Crippen molar-refractivity contribution < 1.29 is 4.42 Å². The van der Waals surface area contributed by atoms with Crippen LogP contribution in [0.15, 0.2) is 39.7 Å². The molecule has 1 fully saturated rings. The van der Waals surface area contributed by atoms with Crippen molar-refractivity contribution in [3.05, 3.63) is 36.1 Å². The molecule has 0 radical (unpaired) electrons. The molecule has 1 N–H and O–H groups in total. The molecule has 0 spiro atoms. The molecule has 1 aliphatic rings. The van der Waals surface area contributed by atoms with E-state index in [1.807, 2.05) is 25.2 Å². The third kappa shape index (κ3) is 3.94. The van der Waals surface area contributed by atoms with E-state index in [1.54, 1.807) is 0 Å². The molecule has 1 aromatic heterocycles. The van der Waals surface area contributed by atoms with Gasteiger partial charge in [0.25, 0.3) is 0 Å². The number of halogens is 1. The largest absolute Gasteiger partial charge is 0.459 e. The van der Waals surface area contributed by atoms with Crippen molar-refractivity contribution in [1.29, 1.82) is 0 Å². The number of rotatable bonds is 2. The van der Waals surface area contributed by atoms with E-state index < -0.39 is 0 Å². The van der Waals surface area contributed by atoms with Crippen LogP contribution in [-0.4, -0.2) is 31.0 Å². The zero-order valence-electron chi connectivity index (χ0n) is 13.2. The Morgan fingerprint density at radius 2 is 2.23 bits per heavy atom. The van der Waals surface area contributed by atoms with E-state index in [0.29, 0.717) is 6.54 Å². The molecule has 3 rings (SSSR count). The monoisotopic (exact) mass is 413 g/mol. The van der Waals surface area contributed by atoms with E-state index in [4.69, 9.17) is 4.42 Å². The summed E-state index contributed by atoms with van der Waals surface area (Å²) < 4.78 is 5.84. The van der Waals surface area contributed by atoms with Crippen molar-refractivity contribution in [3.8, 4) is 0 Å². The van der Waals surface area contributed by atoms with E-state index in [9.17, 15) is 0 Å². The number of benzene rings is 1. The highest BCUT2D eigenvalue weighted by atomic mass is 127. The zero-order chi connectivity index (χ0) is 14.7. The summed E-state index contributed by atoms with van der Waals surface area (Å²) in [6, 6.07) is 10.2. The van der Waals surface area contributed by atoms with E-state index in [2.05, 4.69) is 34.3 Å². The Balaban J connectivity index is 0.00000176. The Bertz CT molecular complexity index is 605. The Labute approximate surface area is 149 Å². The molecule has 1 saturated heterocycles. The quantitative estimate of drug-likeness (QED) is 0.462. The van der Waals surface area contributed by atoms with Crippen LogP contribution in [-0.2, 0) is 6.54 Å². The minimum Gasteiger partial charge on any atom is -0.459 e. The van der Waals surface area contributed by atoms with E-state index >= 15 is 0 Å². The van der Waals surface area contributed by atoms with Crippen LogP contribution in [0.3, 0.4) is 0 Å². The third-order valence-corrected chi connectivity index (χ3v) is 4.07. The molecule has 1 unspecified atom stereocenters. The topological polar surface area (TPSA) is 40.8 Å². The van der Waals surface area contributed by atoms with Crippen molar-refractivity contribution >= 4 is 40.9 Å². The minimum absolute atomic E-state index is 0. The number of nitrogens with zero attached hydrogens (tertiary/aromatic N) is 2. The predicted molar refractivity (Wildman–Crippen MR) is 102 cm³/mol. The smallest absolute Gasteiger partial charge is 0.194 e. The van der Waals surface area contributed by atoms with Gasteiger partial charge in [0.1, 0.15) is 11.3 Å². The number of furan rings is 1. The normalized spacial score (nSPS) is 19.1. The van der Waals surface area contributed by atoms with Gasteiger partial charge in [0.2, 0.25) is 0 Å². The lowest BCUT2D eigenvalue weighted by Gasteiger charge is -2.33. The average Bonchev–Trinajstić information content (AvgIpc) is 2.91. The molecular weight excluding hydrogens is 389 g/mol. The van der Waals surface area contributed by atoms with Gasteiger partial charge in [-0.25, -0.2) is 0 Å². The van der Waals surface area contributed by atoms with Crippen LogP contribution in [0.25, 0.3) is 11.0 Å². The Hall–Kier alpha value is -1.24. The third-order valence-electron chi connectivity index (χ3n) is 4.07. The molecular formula is C17H24IN3O. The van der Waals surface area contributed by atoms with Gasteiger partial charge < -0.3 is 14.6 Å². The molecule has 4 nitrogen and oxygen atoms in total. The van der Waals surface area contributed by atoms with Crippen LogP contribution in [0, 0.1) is 5.92 Å². The maximum atomic E-state index is 5.84. The van der Waals surface area contributed by atoms with Crippen LogP contribution in [0.4, 0.5) is 0 Å². The Kier molecular flexibility index (Phi) is 6.11. The van der Waals surface area contributed by atoms with Gasteiger partial charge >= 0.3 is 0 Å². The van der Waals surface area contributed by atoms with E-state index in [0.717, 1.165) is 41.7 Å². The maximum absolute atomic E-state index is 5.84. The number of hydrogen-bond acceptors (Lipinski definition) is 2. The summed E-state index contributed by atoms with van der Waals surface area (Å²) in [6.45, 7) is 5.15. The average molecular weight is 413 g/mol. The van der Waals surface area contributed by atoms with Crippen LogP contribution in [0.1, 0.15) is 25.5 Å². The highest BCUT2D eigenvalue weighted by Gasteiger charge is 2.19. The molecule has 2 heterocycles. The lowest BCUT2D eigenvalue weighted by atomic mass is 10.0. The van der Waals surface area contributed by atoms with E-state index in [1.165, 1.54) is 12.8 Å². The van der Waals surface area contributed by atoms with Gasteiger partial charge in [-0.1, -0.05) is 25.1 Å². The van der Waals surface area contributed by atoms with Crippen molar-refractivity contribution in [3.63, 3.8) is 0 Å². The second kappa shape index (κ2) is 7.85. The predicted octanol–water partition coefficient (Wildman–Crippen LogP) is 3.86. The van der Waals surface area contributed by atoms with E-state index in [-0.39, 0.29) is 24.0 Å². The van der Waals surface area contributed by atoms with Crippen LogP contribution in [0.5, 0.6) is 0 Å². The van der Waals surface area contributed by atoms with Gasteiger partial charge in [0, 0.05) is 25.5 Å². The fraction of sp³-hybridized carbons (Fsp3) is 0.471. The molecule has 120 valence electrons. The molecule has 22 heavy (non-hydrogen) atoms. The Morgan fingerprint density at radius 3 is 2.95 bits per heavy atom. The number of hydrogen-bond donors (Lipinski definition) is 1. The van der Waals surface area contributed by atoms with Crippen LogP contribution < -0.4 is 5.32 Å². The molecule has 0 bridgehead atoms. The summed E-state index contributed by atoms with van der Waals surface area (Å²) >= 11 is 0. The highest BCUT2D eigenvalue weighted by molar-refractivity contribution is 14.0. The molecule has 0 aliphatic carbocycles. The fourth-order valence-corrected chi connectivity index (χ4v) is 3.00. The molecule has 2 aromatic rings. The first-order valence-corrected chi connectivity index (χ1v) is 7.69. The van der Waals surface area contributed by atoms with Gasteiger partial charge in [-0.15, -0.1) is 24.0 Å². The molecule has 1 aromatic carbocycles. The van der Waals surface area contributed by atoms with Gasteiger partial charge in [-0.2, -0.15) is 0 Å². The van der Waals surface area contributed by atoms with Crippen molar-refractivity contribution in [2.45, 2.75) is 26.3 Å². The van der Waals surface area contributed by atoms with Gasteiger partial charge in [0.15, 0.2) is 5.96 Å². The Morgan fingerprint density at radius 1 is 1.41 bits per heavy atom. The lowest BCUT2D eigenvalue weighted by Crippen LogP contribution is -2.45. The number of piperidine rings is 1. The number of guanidine groups is 1. The number of para-hydroxylation sites is 1. The number of nitrogens with one attached hydrogen (secondary N) is 1. The zero-order valence-corrected chi connectivity index (χ0v) is 15.5. The fourth-order valence-electron chi connectivity index (χ4n) is 3.00. The standard InChI is InChI=1S/C17H23N3O.HI/c1-13-6-5-9-20(12-13)17(18-2)19-11-15-10-14-7-3-4-8-16(14)21-15;/h3-4,7-8,10,13H,5-6,9,11-12H2,1-2H3,(H,18,19);1H. The molecule has 1 atom stereocenters. The first-order valence-electron chi connectivity index (χ1n) is 7.69. The molecule has 5 heteroatoms. The SMILES string of the molecule is CN=C(NCc1cc2ccccc2o1)N1CCCC(C)C1.I. The van der Waals surface area contributed by atoms with Crippen molar-refractivity contribution in [2.24, 2.45) is 10.9 Å². The summed E-state index contributed by atoms with van der Waals surface area (Å²) in [4.78, 5) is 6.75. The van der Waals surface area contributed by atoms with Gasteiger partial charge in [0.05, 0.1) is 6.54 Å². The lowest BCUT2D eigenvalue weighted by molar-refractivity contribution is 0.265. The number of aliphatic imine (C=N–C) groups is 1. The summed E-state index contributed by atoms with van der Waals surface area (Å²) in [6.07, 6.45) is 2.56. The maximum Gasteiger partial charge on any atom is 0.194 e. The number of fused-ring (bicyclic) bond motifs is 1. The first-order chi connectivity index (χ1) is 10.3. The van der Waals surface area contributed by atoms with Gasteiger partial charge in [-0.05, 0) is 30.9 Å². The molecule has 0 amide bonds. The van der Waals surface area contributed by atoms with Crippen LogP contribution in [0.2, 0.25) is 0 Å². The first kappa shape index (κ1) is 17.1. The summed E-state index contributed by atoms with van der Waals surface area (Å²) in [5, 5.41) is 4.57. The molecule has 0 saturated carbocycles. The molecule has 1 aliphatic heterocycles. The summed E-state index contributed by atoms with van der Waals surface area (Å²) in [5.41, 5.74) is 0.941.